The van der Waals surface area contributed by atoms with Crippen LogP contribution in [0.25, 0.3) is 11.3 Å². The van der Waals surface area contributed by atoms with Gasteiger partial charge in [0, 0.05) is 29.4 Å². The van der Waals surface area contributed by atoms with E-state index in [1.165, 1.54) is 10.7 Å². The number of anilines is 1. The number of carbonyl (C=O) groups is 1. The second kappa shape index (κ2) is 7.32. The number of rotatable bonds is 4. The third-order valence-electron chi connectivity index (χ3n) is 3.70. The molecule has 1 N–H and O–H groups in total. The van der Waals surface area contributed by atoms with Gasteiger partial charge in [-0.15, -0.1) is 0 Å². The minimum absolute atomic E-state index is 0.102. The molecular formula is C19H16ClN3O2. The van der Waals surface area contributed by atoms with Gasteiger partial charge in [-0.25, -0.2) is 4.68 Å². The van der Waals surface area contributed by atoms with Crippen LogP contribution in [-0.2, 0) is 18.3 Å². The van der Waals surface area contributed by atoms with E-state index in [0.29, 0.717) is 16.4 Å². The van der Waals surface area contributed by atoms with Crippen molar-refractivity contribution < 1.29 is 4.79 Å². The summed E-state index contributed by atoms with van der Waals surface area (Å²) in [6.07, 6.45) is 0.279. The maximum absolute atomic E-state index is 12.1. The number of nitrogens with one attached hydrogen (secondary N) is 1. The second-order valence-electron chi connectivity index (χ2n) is 5.61. The Kier molecular flexibility index (Phi) is 4.95. The second-order valence-corrected chi connectivity index (χ2v) is 6.05. The monoisotopic (exact) mass is 353 g/mol. The largest absolute Gasteiger partial charge is 0.326 e. The Hall–Kier alpha value is -2.92. The van der Waals surface area contributed by atoms with Gasteiger partial charge in [0.25, 0.3) is 5.56 Å². The van der Waals surface area contributed by atoms with Gasteiger partial charge in [-0.3, -0.25) is 9.59 Å². The zero-order valence-electron chi connectivity index (χ0n) is 13.6. The number of hydrogen-bond donors (Lipinski definition) is 1. The summed E-state index contributed by atoms with van der Waals surface area (Å²) in [6.45, 7) is 0. The molecule has 6 heteroatoms. The van der Waals surface area contributed by atoms with Crippen molar-refractivity contribution in [2.45, 2.75) is 6.42 Å². The number of aryl methyl sites for hydroxylation is 1. The molecule has 1 heterocycles. The highest BCUT2D eigenvalue weighted by molar-refractivity contribution is 6.30. The molecule has 1 amide bonds. The Bertz CT molecular complexity index is 948. The molecule has 0 fully saturated rings. The molecule has 0 saturated carbocycles. The fourth-order valence-electron chi connectivity index (χ4n) is 2.37. The van der Waals surface area contributed by atoms with Gasteiger partial charge in [0.15, 0.2) is 0 Å². The average molecular weight is 354 g/mol. The first-order chi connectivity index (χ1) is 12.0. The van der Waals surface area contributed by atoms with Crippen molar-refractivity contribution >= 4 is 23.2 Å². The van der Waals surface area contributed by atoms with Crippen molar-refractivity contribution in [2.24, 2.45) is 7.05 Å². The topological polar surface area (TPSA) is 64.0 Å². The molecule has 0 aliphatic rings. The molecule has 0 aliphatic carbocycles. The summed E-state index contributed by atoms with van der Waals surface area (Å²) in [6, 6.07) is 17.7. The lowest BCUT2D eigenvalue weighted by Gasteiger charge is -2.07. The Labute approximate surface area is 149 Å². The molecule has 0 aliphatic heterocycles. The molecule has 2 aromatic carbocycles. The zero-order chi connectivity index (χ0) is 17.8. The van der Waals surface area contributed by atoms with Crippen molar-refractivity contribution in [1.29, 1.82) is 0 Å². The fraction of sp³-hybridized carbons (Fsp3) is 0.105. The Morgan fingerprint density at radius 2 is 1.72 bits per heavy atom. The molecule has 25 heavy (non-hydrogen) atoms. The van der Waals surface area contributed by atoms with Crippen LogP contribution in [0.5, 0.6) is 0 Å². The molecule has 5 nitrogen and oxygen atoms in total. The average Bonchev–Trinajstić information content (AvgIpc) is 2.60. The molecule has 1 aromatic heterocycles. The van der Waals surface area contributed by atoms with E-state index in [1.807, 2.05) is 36.4 Å². The van der Waals surface area contributed by atoms with Crippen LogP contribution in [0.15, 0.2) is 65.5 Å². The summed E-state index contributed by atoms with van der Waals surface area (Å²) in [4.78, 5) is 23.5. The molecular weight excluding hydrogens is 338 g/mol. The van der Waals surface area contributed by atoms with Gasteiger partial charge < -0.3 is 5.32 Å². The van der Waals surface area contributed by atoms with Crippen LogP contribution in [-0.4, -0.2) is 15.7 Å². The summed E-state index contributed by atoms with van der Waals surface area (Å²) in [5, 5.41) is 7.70. The zero-order valence-corrected chi connectivity index (χ0v) is 14.3. The third-order valence-corrected chi connectivity index (χ3v) is 3.95. The fourth-order valence-corrected chi connectivity index (χ4v) is 2.50. The Morgan fingerprint density at radius 1 is 1.04 bits per heavy atom. The van der Waals surface area contributed by atoms with E-state index in [0.717, 1.165) is 11.1 Å². The number of halogens is 1. The quantitative estimate of drug-likeness (QED) is 0.782. The van der Waals surface area contributed by atoms with Crippen molar-refractivity contribution in [3.8, 4) is 11.3 Å². The van der Waals surface area contributed by atoms with Crippen molar-refractivity contribution in [3.05, 3.63) is 81.6 Å². The molecule has 0 radical (unpaired) electrons. The third kappa shape index (κ3) is 4.33. The van der Waals surface area contributed by atoms with Crippen molar-refractivity contribution in [1.82, 2.24) is 9.78 Å². The standard InChI is InChI=1S/C19H16ClN3O2/c1-23-19(25)11-10-17(22-23)14-4-8-16(9-5-14)21-18(24)12-13-2-6-15(20)7-3-13/h2-11H,12H2,1H3,(H,21,24). The highest BCUT2D eigenvalue weighted by Gasteiger charge is 2.06. The van der Waals surface area contributed by atoms with E-state index in [2.05, 4.69) is 10.4 Å². The first-order valence-corrected chi connectivity index (χ1v) is 8.08. The van der Waals surface area contributed by atoms with Gasteiger partial charge >= 0.3 is 0 Å². The highest BCUT2D eigenvalue weighted by Crippen LogP contribution is 2.19. The van der Waals surface area contributed by atoms with Gasteiger partial charge in [-0.05, 0) is 35.9 Å². The molecule has 3 aromatic rings. The van der Waals surface area contributed by atoms with E-state index in [1.54, 1.807) is 25.2 Å². The summed E-state index contributed by atoms with van der Waals surface area (Å²) in [7, 11) is 1.61. The van der Waals surface area contributed by atoms with Crippen LogP contribution in [0.3, 0.4) is 0 Å². The molecule has 0 atom stereocenters. The van der Waals surface area contributed by atoms with Gasteiger partial charge in [-0.2, -0.15) is 5.10 Å². The number of aromatic nitrogens is 2. The summed E-state index contributed by atoms with van der Waals surface area (Å²) in [5.74, 6) is -0.102. The number of benzene rings is 2. The Morgan fingerprint density at radius 3 is 2.36 bits per heavy atom. The van der Waals surface area contributed by atoms with Crippen LogP contribution < -0.4 is 10.9 Å². The molecule has 0 unspecified atom stereocenters. The predicted octanol–water partition coefficient (Wildman–Crippen LogP) is 3.28. The normalized spacial score (nSPS) is 10.5. The highest BCUT2D eigenvalue weighted by atomic mass is 35.5. The molecule has 0 spiro atoms. The smallest absolute Gasteiger partial charge is 0.266 e. The van der Waals surface area contributed by atoms with Crippen molar-refractivity contribution in [3.63, 3.8) is 0 Å². The summed E-state index contributed by atoms with van der Waals surface area (Å²) in [5.41, 5.74) is 3.00. The minimum atomic E-state index is -0.158. The Balaban J connectivity index is 1.67. The van der Waals surface area contributed by atoms with Gasteiger partial charge in [-0.1, -0.05) is 35.9 Å². The van der Waals surface area contributed by atoms with E-state index < -0.39 is 0 Å². The lowest BCUT2D eigenvalue weighted by atomic mass is 10.1. The van der Waals surface area contributed by atoms with E-state index in [9.17, 15) is 9.59 Å². The van der Waals surface area contributed by atoms with Crippen LogP contribution >= 0.6 is 11.6 Å². The summed E-state index contributed by atoms with van der Waals surface area (Å²) >= 11 is 5.84. The van der Waals surface area contributed by atoms with Crippen molar-refractivity contribution in [2.75, 3.05) is 5.32 Å². The van der Waals surface area contributed by atoms with Gasteiger partial charge in [0.2, 0.25) is 5.91 Å². The molecule has 126 valence electrons. The lowest BCUT2D eigenvalue weighted by molar-refractivity contribution is -0.115. The van der Waals surface area contributed by atoms with Crippen LogP contribution in [0.4, 0.5) is 5.69 Å². The van der Waals surface area contributed by atoms with E-state index >= 15 is 0 Å². The maximum Gasteiger partial charge on any atom is 0.266 e. The number of nitrogens with zero attached hydrogens (tertiary/aromatic N) is 2. The van der Waals surface area contributed by atoms with Gasteiger partial charge in [0.05, 0.1) is 12.1 Å². The summed E-state index contributed by atoms with van der Waals surface area (Å²) < 4.78 is 1.29. The molecule has 0 bridgehead atoms. The van der Waals surface area contributed by atoms with Crippen LogP contribution in [0.1, 0.15) is 5.56 Å². The first-order valence-electron chi connectivity index (χ1n) is 7.70. The number of amides is 1. The predicted molar refractivity (Wildman–Crippen MR) is 98.7 cm³/mol. The van der Waals surface area contributed by atoms with Crippen LogP contribution in [0, 0.1) is 0 Å². The number of carbonyl (C=O) groups excluding carboxylic acids is 1. The SMILES string of the molecule is Cn1nc(-c2ccc(NC(=O)Cc3ccc(Cl)cc3)cc2)ccc1=O. The van der Waals surface area contributed by atoms with E-state index in [4.69, 9.17) is 11.6 Å². The molecule has 3 rings (SSSR count). The lowest BCUT2D eigenvalue weighted by Crippen LogP contribution is -2.18. The van der Waals surface area contributed by atoms with E-state index in [-0.39, 0.29) is 17.9 Å². The first kappa shape index (κ1) is 16.9. The number of hydrogen-bond acceptors (Lipinski definition) is 3. The van der Waals surface area contributed by atoms with Crippen LogP contribution in [0.2, 0.25) is 5.02 Å². The van der Waals surface area contributed by atoms with Gasteiger partial charge in [0.1, 0.15) is 0 Å². The molecule has 0 saturated heterocycles. The maximum atomic E-state index is 12.1. The minimum Gasteiger partial charge on any atom is -0.326 e.